The molecule has 3 heterocycles. The third kappa shape index (κ3) is 2.23. The van der Waals surface area contributed by atoms with Gasteiger partial charge in [-0.1, -0.05) is 17.3 Å². The minimum Gasteiger partial charge on any atom is -0.332 e. The van der Waals surface area contributed by atoms with Gasteiger partial charge in [0.2, 0.25) is 0 Å². The largest absolute Gasteiger partial charge is 0.332 e. The van der Waals surface area contributed by atoms with Crippen molar-refractivity contribution in [3.05, 3.63) is 41.2 Å². The number of nitrogens with zero attached hydrogens (tertiary/aromatic N) is 5. The van der Waals surface area contributed by atoms with Crippen LogP contribution in [0.15, 0.2) is 30.5 Å². The Morgan fingerprint density at radius 3 is 2.83 bits per heavy atom. The standard InChI is InChI=1S/C16H15N5OS/c22-16(15-17-12-3-1-2-4-14(12)23-15)20-7-11(8-20)21-9-13(18-19-21)10-5-6-10/h1-4,9-11H,5-8H2. The summed E-state index contributed by atoms with van der Waals surface area (Å²) in [6.07, 6.45) is 4.50. The maximum atomic E-state index is 12.5. The van der Waals surface area contributed by atoms with Crippen molar-refractivity contribution in [1.82, 2.24) is 24.9 Å². The van der Waals surface area contributed by atoms with E-state index in [1.165, 1.54) is 24.2 Å². The van der Waals surface area contributed by atoms with Crippen LogP contribution in [0.25, 0.3) is 10.2 Å². The Kier molecular flexibility index (Phi) is 2.78. The number of para-hydroxylation sites is 1. The number of benzene rings is 1. The van der Waals surface area contributed by atoms with Crippen molar-refractivity contribution in [3.8, 4) is 0 Å². The van der Waals surface area contributed by atoms with E-state index in [-0.39, 0.29) is 11.9 Å². The van der Waals surface area contributed by atoms with Crippen LogP contribution in [0.1, 0.15) is 40.3 Å². The molecule has 0 bridgehead atoms. The summed E-state index contributed by atoms with van der Waals surface area (Å²) in [7, 11) is 0. The molecule has 7 heteroatoms. The second kappa shape index (κ2) is 4.86. The van der Waals surface area contributed by atoms with Crippen LogP contribution in [0.4, 0.5) is 0 Å². The van der Waals surface area contributed by atoms with Crippen LogP contribution >= 0.6 is 11.3 Å². The number of amides is 1. The second-order valence-electron chi connectivity index (χ2n) is 6.25. The molecule has 1 aliphatic carbocycles. The molecule has 1 saturated heterocycles. The smallest absolute Gasteiger partial charge is 0.283 e. The fourth-order valence-electron chi connectivity index (χ4n) is 2.92. The zero-order valence-electron chi connectivity index (χ0n) is 12.4. The Morgan fingerprint density at radius 2 is 2.04 bits per heavy atom. The quantitative estimate of drug-likeness (QED) is 0.742. The van der Waals surface area contributed by atoms with Gasteiger partial charge in [0.05, 0.1) is 22.0 Å². The topological polar surface area (TPSA) is 63.9 Å². The molecule has 0 N–H and O–H groups in total. The number of hydrogen-bond acceptors (Lipinski definition) is 5. The molecule has 0 unspecified atom stereocenters. The van der Waals surface area contributed by atoms with E-state index in [0.29, 0.717) is 24.0 Å². The van der Waals surface area contributed by atoms with E-state index in [4.69, 9.17) is 0 Å². The molecule has 0 radical (unpaired) electrons. The van der Waals surface area contributed by atoms with Crippen molar-refractivity contribution in [2.75, 3.05) is 13.1 Å². The highest BCUT2D eigenvalue weighted by Gasteiger charge is 2.35. The summed E-state index contributed by atoms with van der Waals surface area (Å²) in [5, 5.41) is 9.02. The number of carbonyl (C=O) groups is 1. The van der Waals surface area contributed by atoms with Crippen LogP contribution in [0.2, 0.25) is 0 Å². The zero-order valence-corrected chi connectivity index (χ0v) is 13.2. The van der Waals surface area contributed by atoms with Crippen molar-refractivity contribution < 1.29 is 4.79 Å². The molecule has 0 spiro atoms. The zero-order chi connectivity index (χ0) is 15.4. The second-order valence-corrected chi connectivity index (χ2v) is 7.28. The van der Waals surface area contributed by atoms with E-state index in [1.807, 2.05) is 40.0 Å². The van der Waals surface area contributed by atoms with Crippen LogP contribution in [0.3, 0.4) is 0 Å². The van der Waals surface area contributed by atoms with E-state index < -0.39 is 0 Å². The molecule has 2 aromatic heterocycles. The Labute approximate surface area is 136 Å². The first-order valence-corrected chi connectivity index (χ1v) is 8.66. The predicted molar refractivity (Wildman–Crippen MR) is 86.6 cm³/mol. The van der Waals surface area contributed by atoms with Crippen molar-refractivity contribution in [3.63, 3.8) is 0 Å². The highest BCUT2D eigenvalue weighted by molar-refractivity contribution is 7.20. The van der Waals surface area contributed by atoms with E-state index in [2.05, 4.69) is 15.3 Å². The van der Waals surface area contributed by atoms with Crippen LogP contribution in [-0.2, 0) is 0 Å². The molecule has 3 aromatic rings. The number of carbonyl (C=O) groups excluding carboxylic acids is 1. The van der Waals surface area contributed by atoms with Gasteiger partial charge in [-0.2, -0.15) is 0 Å². The fraction of sp³-hybridized carbons (Fsp3) is 0.375. The number of rotatable bonds is 3. The highest BCUT2D eigenvalue weighted by Crippen LogP contribution is 2.39. The summed E-state index contributed by atoms with van der Waals surface area (Å²) >= 11 is 1.46. The molecule has 2 aliphatic rings. The Morgan fingerprint density at radius 1 is 1.22 bits per heavy atom. The summed E-state index contributed by atoms with van der Waals surface area (Å²) in [6.45, 7) is 1.37. The van der Waals surface area contributed by atoms with Crippen LogP contribution in [-0.4, -0.2) is 43.9 Å². The predicted octanol–water partition coefficient (Wildman–Crippen LogP) is 2.46. The van der Waals surface area contributed by atoms with Gasteiger partial charge in [-0.3, -0.25) is 4.79 Å². The normalized spacial score (nSPS) is 18.3. The summed E-state index contributed by atoms with van der Waals surface area (Å²) in [4.78, 5) is 18.8. The van der Waals surface area contributed by atoms with E-state index in [0.717, 1.165) is 15.9 Å². The van der Waals surface area contributed by atoms with Gasteiger partial charge in [-0.25, -0.2) is 9.67 Å². The molecular formula is C16H15N5OS. The van der Waals surface area contributed by atoms with E-state index in [1.54, 1.807) is 0 Å². The molecule has 0 atom stereocenters. The average Bonchev–Trinajstić information content (AvgIpc) is 3.10. The van der Waals surface area contributed by atoms with Gasteiger partial charge in [0.25, 0.3) is 5.91 Å². The Bertz CT molecular complexity index is 858. The lowest BCUT2D eigenvalue weighted by Gasteiger charge is -2.38. The first-order valence-electron chi connectivity index (χ1n) is 7.84. The number of likely N-dealkylation sites (tertiary alicyclic amines) is 1. The first kappa shape index (κ1) is 13.2. The highest BCUT2D eigenvalue weighted by atomic mass is 32.1. The summed E-state index contributed by atoms with van der Waals surface area (Å²) in [5.41, 5.74) is 1.99. The monoisotopic (exact) mass is 325 g/mol. The Balaban J connectivity index is 1.29. The lowest BCUT2D eigenvalue weighted by molar-refractivity contribution is 0.0498. The van der Waals surface area contributed by atoms with Gasteiger partial charge in [0, 0.05) is 25.2 Å². The van der Waals surface area contributed by atoms with Gasteiger partial charge in [0.1, 0.15) is 0 Å². The van der Waals surface area contributed by atoms with Crippen LogP contribution in [0, 0.1) is 0 Å². The third-order valence-electron chi connectivity index (χ3n) is 4.52. The lowest BCUT2D eigenvalue weighted by Crippen LogP contribution is -2.50. The minimum absolute atomic E-state index is 0.0185. The number of hydrogen-bond donors (Lipinski definition) is 0. The van der Waals surface area contributed by atoms with Crippen LogP contribution < -0.4 is 0 Å². The molecule has 2 fully saturated rings. The van der Waals surface area contributed by atoms with Gasteiger partial charge < -0.3 is 4.90 Å². The van der Waals surface area contributed by atoms with Crippen molar-refractivity contribution in [2.45, 2.75) is 24.8 Å². The fourth-order valence-corrected chi connectivity index (χ4v) is 3.86. The molecule has 1 aliphatic heterocycles. The molecule has 116 valence electrons. The summed E-state index contributed by atoms with van der Waals surface area (Å²) in [6, 6.07) is 8.09. The SMILES string of the molecule is O=C(c1nc2ccccc2s1)N1CC(n2cc(C3CC3)nn2)C1. The molecule has 5 rings (SSSR count). The van der Waals surface area contributed by atoms with Gasteiger partial charge in [-0.15, -0.1) is 16.4 Å². The molecule has 1 aromatic carbocycles. The van der Waals surface area contributed by atoms with Crippen molar-refractivity contribution >= 4 is 27.5 Å². The number of fused-ring (bicyclic) bond motifs is 1. The van der Waals surface area contributed by atoms with Gasteiger partial charge in [-0.05, 0) is 25.0 Å². The number of thiazole rings is 1. The molecule has 1 saturated carbocycles. The summed E-state index contributed by atoms with van der Waals surface area (Å²) < 4.78 is 2.97. The molecular weight excluding hydrogens is 310 g/mol. The van der Waals surface area contributed by atoms with Gasteiger partial charge in [0.15, 0.2) is 5.01 Å². The maximum Gasteiger partial charge on any atom is 0.283 e. The molecule has 23 heavy (non-hydrogen) atoms. The van der Waals surface area contributed by atoms with E-state index >= 15 is 0 Å². The third-order valence-corrected chi connectivity index (χ3v) is 5.55. The van der Waals surface area contributed by atoms with Crippen LogP contribution in [0.5, 0.6) is 0 Å². The molecule has 6 nitrogen and oxygen atoms in total. The van der Waals surface area contributed by atoms with Gasteiger partial charge >= 0.3 is 0 Å². The Hall–Kier alpha value is -2.28. The summed E-state index contributed by atoms with van der Waals surface area (Å²) in [5.74, 6) is 0.634. The molecule has 1 amide bonds. The van der Waals surface area contributed by atoms with E-state index in [9.17, 15) is 4.79 Å². The minimum atomic E-state index is 0.0185. The average molecular weight is 325 g/mol. The number of aromatic nitrogens is 4. The maximum absolute atomic E-state index is 12.5. The first-order chi connectivity index (χ1) is 11.3. The van der Waals surface area contributed by atoms with Crippen molar-refractivity contribution in [1.29, 1.82) is 0 Å². The lowest BCUT2D eigenvalue weighted by atomic mass is 10.1. The van der Waals surface area contributed by atoms with Crippen molar-refractivity contribution in [2.24, 2.45) is 0 Å².